The Morgan fingerprint density at radius 1 is 0.905 bits per heavy atom. The number of esters is 2. The number of hydrogen-bond donors (Lipinski definition) is 0. The first-order chi connectivity index (χ1) is 10.2. The molecular weight excluding hydrogens is 264 g/mol. The van der Waals surface area contributed by atoms with Crippen LogP contribution in [0.25, 0.3) is 0 Å². The standard InChI is InChI=1S/C18H18O3/c1-2-3-8-14-9-7-12-16(13-14)18(20)21-17(19)15-10-5-4-6-11-15/h4-7,9-13H,2-3,8H2,1H3. The summed E-state index contributed by atoms with van der Waals surface area (Å²) in [6, 6.07) is 15.7. The number of carbonyl (C=O) groups excluding carboxylic acids is 2. The smallest absolute Gasteiger partial charge is 0.346 e. The molecule has 0 radical (unpaired) electrons. The SMILES string of the molecule is CCCCc1cccc(C(=O)OC(=O)c2ccccc2)c1. The number of benzene rings is 2. The number of hydrogen-bond acceptors (Lipinski definition) is 3. The van der Waals surface area contributed by atoms with Gasteiger partial charge in [-0.05, 0) is 42.7 Å². The maximum absolute atomic E-state index is 12.0. The van der Waals surface area contributed by atoms with Crippen molar-refractivity contribution in [2.75, 3.05) is 0 Å². The molecule has 3 nitrogen and oxygen atoms in total. The average Bonchev–Trinajstić information content (AvgIpc) is 2.54. The molecule has 2 aromatic carbocycles. The molecule has 0 atom stereocenters. The molecule has 0 fully saturated rings. The summed E-state index contributed by atoms with van der Waals surface area (Å²) in [7, 11) is 0. The van der Waals surface area contributed by atoms with Gasteiger partial charge in [-0.25, -0.2) is 9.59 Å². The molecular formula is C18H18O3. The summed E-state index contributed by atoms with van der Waals surface area (Å²) < 4.78 is 4.90. The molecule has 108 valence electrons. The van der Waals surface area contributed by atoms with Gasteiger partial charge in [0.05, 0.1) is 11.1 Å². The lowest BCUT2D eigenvalue weighted by molar-refractivity contribution is 0.0397. The highest BCUT2D eigenvalue weighted by atomic mass is 16.6. The van der Waals surface area contributed by atoms with Crippen molar-refractivity contribution in [2.24, 2.45) is 0 Å². The molecule has 0 aliphatic heterocycles. The molecule has 21 heavy (non-hydrogen) atoms. The zero-order valence-electron chi connectivity index (χ0n) is 12.0. The fourth-order valence-electron chi connectivity index (χ4n) is 2.01. The summed E-state index contributed by atoms with van der Waals surface area (Å²) >= 11 is 0. The van der Waals surface area contributed by atoms with Gasteiger partial charge >= 0.3 is 11.9 Å². The van der Waals surface area contributed by atoms with E-state index in [1.165, 1.54) is 0 Å². The van der Waals surface area contributed by atoms with Crippen molar-refractivity contribution < 1.29 is 14.3 Å². The van der Waals surface area contributed by atoms with E-state index in [4.69, 9.17) is 4.74 Å². The van der Waals surface area contributed by atoms with E-state index in [-0.39, 0.29) is 0 Å². The van der Waals surface area contributed by atoms with Crippen LogP contribution >= 0.6 is 0 Å². The number of unbranched alkanes of at least 4 members (excludes halogenated alkanes) is 1. The predicted octanol–water partition coefficient (Wildman–Crippen LogP) is 4.03. The minimum atomic E-state index is -0.625. The van der Waals surface area contributed by atoms with Gasteiger partial charge in [0.25, 0.3) is 0 Å². The van der Waals surface area contributed by atoms with Crippen LogP contribution in [0.5, 0.6) is 0 Å². The maximum Gasteiger partial charge on any atom is 0.346 e. The van der Waals surface area contributed by atoms with Crippen LogP contribution in [0.4, 0.5) is 0 Å². The van der Waals surface area contributed by atoms with E-state index in [1.54, 1.807) is 42.5 Å². The second-order valence-electron chi connectivity index (χ2n) is 4.85. The number of aryl methyl sites for hydroxylation is 1. The van der Waals surface area contributed by atoms with Crippen LogP contribution in [0.1, 0.15) is 46.0 Å². The Morgan fingerprint density at radius 2 is 1.57 bits per heavy atom. The quantitative estimate of drug-likeness (QED) is 0.614. The summed E-state index contributed by atoms with van der Waals surface area (Å²) in [6.07, 6.45) is 3.09. The molecule has 0 unspecified atom stereocenters. The highest BCUT2D eigenvalue weighted by Gasteiger charge is 2.14. The van der Waals surface area contributed by atoms with E-state index in [0.717, 1.165) is 24.8 Å². The number of ether oxygens (including phenoxy) is 1. The summed E-state index contributed by atoms with van der Waals surface area (Å²) in [4.78, 5) is 23.9. The van der Waals surface area contributed by atoms with Crippen LogP contribution in [0.2, 0.25) is 0 Å². The highest BCUT2D eigenvalue weighted by molar-refractivity contribution is 6.02. The van der Waals surface area contributed by atoms with Crippen molar-refractivity contribution in [1.82, 2.24) is 0 Å². The third kappa shape index (κ3) is 4.28. The monoisotopic (exact) mass is 282 g/mol. The number of carbonyl (C=O) groups is 2. The summed E-state index contributed by atoms with van der Waals surface area (Å²) in [5.74, 6) is -1.23. The molecule has 0 aliphatic carbocycles. The Balaban J connectivity index is 2.05. The minimum Gasteiger partial charge on any atom is -0.386 e. The van der Waals surface area contributed by atoms with Gasteiger partial charge in [-0.2, -0.15) is 0 Å². The van der Waals surface area contributed by atoms with Gasteiger partial charge in [0.1, 0.15) is 0 Å². The van der Waals surface area contributed by atoms with E-state index in [9.17, 15) is 9.59 Å². The molecule has 0 saturated carbocycles. The Kier molecular flexibility index (Phi) is 5.27. The molecule has 0 bridgehead atoms. The van der Waals surface area contributed by atoms with Gasteiger partial charge in [-0.15, -0.1) is 0 Å². The van der Waals surface area contributed by atoms with Crippen LogP contribution in [0, 0.1) is 0 Å². The second kappa shape index (κ2) is 7.39. The van der Waals surface area contributed by atoms with E-state index < -0.39 is 11.9 Å². The molecule has 0 aromatic heterocycles. The van der Waals surface area contributed by atoms with Gasteiger partial charge in [0.15, 0.2) is 0 Å². The van der Waals surface area contributed by atoms with Gasteiger partial charge in [0, 0.05) is 0 Å². The van der Waals surface area contributed by atoms with E-state index in [0.29, 0.717) is 11.1 Å². The summed E-state index contributed by atoms with van der Waals surface area (Å²) in [6.45, 7) is 2.12. The van der Waals surface area contributed by atoms with Crippen molar-refractivity contribution in [1.29, 1.82) is 0 Å². The van der Waals surface area contributed by atoms with Crippen LogP contribution < -0.4 is 0 Å². The van der Waals surface area contributed by atoms with Crippen LogP contribution in [0.15, 0.2) is 54.6 Å². The third-order valence-electron chi connectivity index (χ3n) is 3.18. The van der Waals surface area contributed by atoms with Gasteiger partial charge in [0.2, 0.25) is 0 Å². The van der Waals surface area contributed by atoms with Crippen molar-refractivity contribution in [3.8, 4) is 0 Å². The van der Waals surface area contributed by atoms with Crippen LogP contribution in [0.3, 0.4) is 0 Å². The summed E-state index contributed by atoms with van der Waals surface area (Å²) in [5, 5.41) is 0. The normalized spacial score (nSPS) is 10.1. The van der Waals surface area contributed by atoms with Crippen LogP contribution in [-0.4, -0.2) is 11.9 Å². The predicted molar refractivity (Wildman–Crippen MR) is 81.2 cm³/mol. The molecule has 2 rings (SSSR count). The molecule has 0 spiro atoms. The Bertz CT molecular complexity index is 617. The zero-order chi connectivity index (χ0) is 15.1. The minimum absolute atomic E-state index is 0.369. The lowest BCUT2D eigenvalue weighted by Gasteiger charge is -2.05. The highest BCUT2D eigenvalue weighted by Crippen LogP contribution is 2.11. The van der Waals surface area contributed by atoms with E-state index in [2.05, 4.69) is 6.92 Å². The topological polar surface area (TPSA) is 43.4 Å². The van der Waals surface area contributed by atoms with Crippen LogP contribution in [-0.2, 0) is 11.2 Å². The fraction of sp³-hybridized carbons (Fsp3) is 0.222. The Morgan fingerprint density at radius 3 is 2.29 bits per heavy atom. The van der Waals surface area contributed by atoms with Gasteiger partial charge in [-0.1, -0.05) is 43.7 Å². The van der Waals surface area contributed by atoms with Crippen molar-refractivity contribution in [2.45, 2.75) is 26.2 Å². The van der Waals surface area contributed by atoms with Crippen molar-refractivity contribution >= 4 is 11.9 Å². The molecule has 3 heteroatoms. The molecule has 0 aliphatic rings. The zero-order valence-corrected chi connectivity index (χ0v) is 12.0. The second-order valence-corrected chi connectivity index (χ2v) is 4.85. The first-order valence-corrected chi connectivity index (χ1v) is 7.11. The Labute approximate surface area is 124 Å². The maximum atomic E-state index is 12.0. The third-order valence-corrected chi connectivity index (χ3v) is 3.18. The molecule has 0 amide bonds. The lowest BCUT2D eigenvalue weighted by atomic mass is 10.1. The van der Waals surface area contributed by atoms with Crippen molar-refractivity contribution in [3.63, 3.8) is 0 Å². The summed E-state index contributed by atoms with van der Waals surface area (Å²) in [5.41, 5.74) is 1.86. The fourth-order valence-corrected chi connectivity index (χ4v) is 2.01. The van der Waals surface area contributed by atoms with E-state index in [1.807, 2.05) is 12.1 Å². The number of rotatable bonds is 5. The first-order valence-electron chi connectivity index (χ1n) is 7.11. The largest absolute Gasteiger partial charge is 0.386 e. The van der Waals surface area contributed by atoms with E-state index >= 15 is 0 Å². The molecule has 0 saturated heterocycles. The lowest BCUT2D eigenvalue weighted by Crippen LogP contribution is -2.13. The Hall–Kier alpha value is -2.42. The molecule has 2 aromatic rings. The van der Waals surface area contributed by atoms with Gasteiger partial charge in [-0.3, -0.25) is 0 Å². The molecule has 0 heterocycles. The average molecular weight is 282 g/mol. The molecule has 0 N–H and O–H groups in total. The first kappa shape index (κ1) is 15.0. The van der Waals surface area contributed by atoms with Crippen molar-refractivity contribution in [3.05, 3.63) is 71.3 Å². The van der Waals surface area contributed by atoms with Gasteiger partial charge < -0.3 is 4.74 Å².